The molecule has 140 valence electrons. The first-order valence-corrected chi connectivity index (χ1v) is 15.1. The van der Waals surface area contributed by atoms with E-state index in [9.17, 15) is 0 Å². The number of rotatable bonds is 7. The molecule has 0 aliphatic rings. The zero-order valence-electron chi connectivity index (χ0n) is 17.3. The largest absolute Gasteiger partial charge is 0.403 e. The Balaban J connectivity index is 2.49. The molecule has 0 atom stereocenters. The first kappa shape index (κ1) is 20.9. The third-order valence-electron chi connectivity index (χ3n) is 4.69. The topological polar surface area (TPSA) is 9.23 Å². The van der Waals surface area contributed by atoms with E-state index >= 15 is 0 Å². The van der Waals surface area contributed by atoms with Gasteiger partial charge < -0.3 is 4.43 Å². The van der Waals surface area contributed by atoms with Crippen LogP contribution in [0.3, 0.4) is 0 Å². The van der Waals surface area contributed by atoms with Crippen molar-refractivity contribution in [2.75, 3.05) is 6.61 Å². The average Bonchev–Trinajstić information content (AvgIpc) is 2.54. The SMILES string of the molecule is C=C(CO[Si](c1ccccc1)(c1ccccc1)C(C)(C)C)C[Si](C)(C)C. The van der Waals surface area contributed by atoms with Crippen molar-refractivity contribution in [2.45, 2.75) is 51.5 Å². The highest BCUT2D eigenvalue weighted by Gasteiger charge is 2.50. The van der Waals surface area contributed by atoms with E-state index in [1.807, 2.05) is 0 Å². The third-order valence-corrected chi connectivity index (χ3v) is 11.2. The molecule has 1 nitrogen and oxygen atoms in total. The quantitative estimate of drug-likeness (QED) is 0.456. The van der Waals surface area contributed by atoms with Gasteiger partial charge in [0.25, 0.3) is 8.32 Å². The second kappa shape index (κ2) is 8.07. The van der Waals surface area contributed by atoms with Gasteiger partial charge in [-0.2, -0.15) is 0 Å². The van der Waals surface area contributed by atoms with Crippen molar-refractivity contribution < 1.29 is 4.43 Å². The summed E-state index contributed by atoms with van der Waals surface area (Å²) in [6.45, 7) is 19.1. The summed E-state index contributed by atoms with van der Waals surface area (Å²) < 4.78 is 6.94. The Labute approximate surface area is 162 Å². The molecule has 0 aliphatic carbocycles. The van der Waals surface area contributed by atoms with Crippen LogP contribution < -0.4 is 10.4 Å². The van der Waals surface area contributed by atoms with Crippen LogP contribution >= 0.6 is 0 Å². The smallest absolute Gasteiger partial charge is 0.261 e. The second-order valence-corrected chi connectivity index (χ2v) is 19.2. The molecular weight excluding hydrogens is 348 g/mol. The molecule has 0 aliphatic heterocycles. The summed E-state index contributed by atoms with van der Waals surface area (Å²) in [5, 5.41) is 2.69. The third kappa shape index (κ3) is 4.84. The summed E-state index contributed by atoms with van der Waals surface area (Å²) in [6.07, 6.45) is 0. The van der Waals surface area contributed by atoms with Gasteiger partial charge in [0.1, 0.15) is 0 Å². The fraction of sp³-hybridized carbons (Fsp3) is 0.391. The summed E-state index contributed by atoms with van der Waals surface area (Å²) in [4.78, 5) is 0. The molecular formula is C23H34OSi2. The Morgan fingerprint density at radius 1 is 0.846 bits per heavy atom. The molecule has 0 bridgehead atoms. The fourth-order valence-electron chi connectivity index (χ4n) is 3.77. The standard InChI is InChI=1S/C23H34OSi2/c1-20(19-25(5,6)7)18-24-26(23(2,3)4,21-14-10-8-11-15-21)22-16-12-9-13-17-22/h8-17H,1,18-19H2,2-7H3. The van der Waals surface area contributed by atoms with Gasteiger partial charge in [-0.25, -0.2) is 0 Å². The molecule has 0 saturated heterocycles. The van der Waals surface area contributed by atoms with E-state index in [2.05, 4.69) is 108 Å². The number of hydrogen-bond acceptors (Lipinski definition) is 1. The van der Waals surface area contributed by atoms with Gasteiger partial charge in [-0.15, -0.1) is 0 Å². The number of hydrogen-bond donors (Lipinski definition) is 0. The van der Waals surface area contributed by atoms with Gasteiger partial charge in [-0.3, -0.25) is 0 Å². The van der Waals surface area contributed by atoms with Crippen LogP contribution in [-0.2, 0) is 4.43 Å². The predicted octanol–water partition coefficient (Wildman–Crippen LogP) is 5.46. The summed E-state index contributed by atoms with van der Waals surface area (Å²) >= 11 is 0. The molecule has 0 amide bonds. The molecule has 2 aromatic carbocycles. The molecule has 2 rings (SSSR count). The van der Waals surface area contributed by atoms with E-state index in [0.717, 1.165) is 6.04 Å². The molecule has 0 aromatic heterocycles. The van der Waals surface area contributed by atoms with Gasteiger partial charge in [0, 0.05) is 8.07 Å². The maximum atomic E-state index is 6.94. The van der Waals surface area contributed by atoms with Crippen LogP contribution in [0.4, 0.5) is 0 Å². The van der Waals surface area contributed by atoms with Gasteiger partial charge in [0.05, 0.1) is 6.61 Å². The lowest BCUT2D eigenvalue weighted by Gasteiger charge is -2.43. The molecule has 0 spiro atoms. The minimum absolute atomic E-state index is 0.0230. The van der Waals surface area contributed by atoms with E-state index in [-0.39, 0.29) is 5.04 Å². The van der Waals surface area contributed by atoms with E-state index in [1.165, 1.54) is 15.9 Å². The normalized spacial score (nSPS) is 12.8. The lowest BCUT2D eigenvalue weighted by Crippen LogP contribution is -2.66. The van der Waals surface area contributed by atoms with Crippen LogP contribution in [0.25, 0.3) is 0 Å². The van der Waals surface area contributed by atoms with Gasteiger partial charge >= 0.3 is 0 Å². The first-order chi connectivity index (χ1) is 12.1. The second-order valence-electron chi connectivity index (χ2n) is 9.44. The minimum atomic E-state index is -2.43. The Morgan fingerprint density at radius 2 is 1.27 bits per heavy atom. The van der Waals surface area contributed by atoms with Gasteiger partial charge in [0.2, 0.25) is 0 Å². The summed E-state index contributed by atoms with van der Waals surface area (Å²) in [5.74, 6) is 0. The Morgan fingerprint density at radius 3 is 1.62 bits per heavy atom. The summed E-state index contributed by atoms with van der Waals surface area (Å²) in [7, 11) is -3.62. The van der Waals surface area contributed by atoms with Crippen LogP contribution in [0.5, 0.6) is 0 Å². The van der Waals surface area contributed by atoms with Crippen LogP contribution in [0.1, 0.15) is 20.8 Å². The zero-order chi connectivity index (χ0) is 19.4. The van der Waals surface area contributed by atoms with E-state index in [4.69, 9.17) is 4.43 Å². The van der Waals surface area contributed by atoms with E-state index < -0.39 is 16.4 Å². The van der Waals surface area contributed by atoms with E-state index in [1.54, 1.807) is 0 Å². The highest BCUT2D eigenvalue weighted by atomic mass is 28.4. The van der Waals surface area contributed by atoms with Gasteiger partial charge in [-0.1, -0.05) is 113 Å². The van der Waals surface area contributed by atoms with Crippen LogP contribution in [-0.4, -0.2) is 23.0 Å². The van der Waals surface area contributed by atoms with Crippen molar-refractivity contribution >= 4 is 26.8 Å². The van der Waals surface area contributed by atoms with E-state index in [0.29, 0.717) is 6.61 Å². The molecule has 0 radical (unpaired) electrons. The first-order valence-electron chi connectivity index (χ1n) is 9.48. The van der Waals surface area contributed by atoms with Crippen molar-refractivity contribution in [2.24, 2.45) is 0 Å². The predicted molar refractivity (Wildman–Crippen MR) is 121 cm³/mol. The molecule has 0 unspecified atom stereocenters. The monoisotopic (exact) mass is 382 g/mol. The van der Waals surface area contributed by atoms with Crippen LogP contribution in [0.2, 0.25) is 30.7 Å². The zero-order valence-corrected chi connectivity index (χ0v) is 19.3. The van der Waals surface area contributed by atoms with Crippen molar-refractivity contribution in [1.29, 1.82) is 0 Å². The Hall–Kier alpha value is -1.43. The lowest BCUT2D eigenvalue weighted by molar-refractivity contribution is 0.330. The summed E-state index contributed by atoms with van der Waals surface area (Å²) in [5.41, 5.74) is 1.23. The average molecular weight is 383 g/mol. The molecule has 3 heteroatoms. The fourth-order valence-corrected chi connectivity index (χ4v) is 9.95. The Bertz CT molecular complexity index is 670. The highest BCUT2D eigenvalue weighted by molar-refractivity contribution is 6.99. The molecule has 0 heterocycles. The van der Waals surface area contributed by atoms with Crippen molar-refractivity contribution in [3.8, 4) is 0 Å². The van der Waals surface area contributed by atoms with Crippen molar-refractivity contribution in [3.63, 3.8) is 0 Å². The van der Waals surface area contributed by atoms with Gasteiger partial charge in [0.15, 0.2) is 0 Å². The molecule has 26 heavy (non-hydrogen) atoms. The van der Waals surface area contributed by atoms with Crippen molar-refractivity contribution in [3.05, 3.63) is 72.8 Å². The molecule has 0 N–H and O–H groups in total. The maximum Gasteiger partial charge on any atom is 0.261 e. The lowest BCUT2D eigenvalue weighted by atomic mass is 10.2. The van der Waals surface area contributed by atoms with Crippen LogP contribution in [0, 0.1) is 0 Å². The van der Waals surface area contributed by atoms with Crippen molar-refractivity contribution in [1.82, 2.24) is 0 Å². The molecule has 2 aromatic rings. The minimum Gasteiger partial charge on any atom is -0.403 e. The highest BCUT2D eigenvalue weighted by Crippen LogP contribution is 2.37. The number of benzene rings is 2. The van der Waals surface area contributed by atoms with Crippen LogP contribution in [0.15, 0.2) is 72.8 Å². The molecule has 0 fully saturated rings. The summed E-state index contributed by atoms with van der Waals surface area (Å²) in [6, 6.07) is 22.8. The van der Waals surface area contributed by atoms with Gasteiger partial charge in [-0.05, 0) is 21.5 Å². The molecule has 0 saturated carbocycles. The Kier molecular flexibility index (Phi) is 6.48. The maximum absolute atomic E-state index is 6.94.